The number of alkyl halides is 1. The third kappa shape index (κ3) is 7.69. The van der Waals surface area contributed by atoms with Gasteiger partial charge in [-0.1, -0.05) is 6.07 Å². The zero-order chi connectivity index (χ0) is 35.0. The van der Waals surface area contributed by atoms with Crippen LogP contribution in [0.2, 0.25) is 0 Å². The number of hydrogen-bond donors (Lipinski definition) is 5. The third-order valence-electron chi connectivity index (χ3n) is 7.72. The molecule has 0 radical (unpaired) electrons. The van der Waals surface area contributed by atoms with E-state index in [2.05, 4.69) is 19.5 Å². The maximum atomic E-state index is 13.9. The minimum absolute atomic E-state index is 0.00304. The van der Waals surface area contributed by atoms with Gasteiger partial charge in [-0.15, -0.1) is 11.6 Å². The van der Waals surface area contributed by atoms with E-state index < -0.39 is 53.4 Å². The molecule has 1 aliphatic rings. The number of aromatic amines is 1. The molecule has 1 atom stereocenters. The van der Waals surface area contributed by atoms with Crippen molar-refractivity contribution in [2.45, 2.75) is 17.2 Å². The van der Waals surface area contributed by atoms with Crippen molar-refractivity contribution in [3.05, 3.63) is 69.9 Å². The van der Waals surface area contributed by atoms with Crippen LogP contribution in [0.5, 0.6) is 0 Å². The molecule has 0 saturated carbocycles. The van der Waals surface area contributed by atoms with Crippen molar-refractivity contribution >= 4 is 80.0 Å². The van der Waals surface area contributed by atoms with Crippen molar-refractivity contribution in [2.24, 2.45) is 0 Å². The summed E-state index contributed by atoms with van der Waals surface area (Å²) in [5.41, 5.74) is 1.78. The maximum Gasteiger partial charge on any atom is 0.469 e. The largest absolute Gasteiger partial charge is 0.469 e. The summed E-state index contributed by atoms with van der Waals surface area (Å²) in [4.78, 5) is 61.4. The van der Waals surface area contributed by atoms with Crippen LogP contribution in [0.3, 0.4) is 0 Å². The smallest absolute Gasteiger partial charge is 0.351 e. The van der Waals surface area contributed by atoms with Crippen LogP contribution in [0.25, 0.3) is 21.7 Å². The van der Waals surface area contributed by atoms with E-state index >= 15 is 0 Å². The average Bonchev–Trinajstić information content (AvgIpc) is 3.62. The van der Waals surface area contributed by atoms with Crippen LogP contribution >= 0.6 is 19.4 Å². The van der Waals surface area contributed by atoms with Crippen molar-refractivity contribution in [3.63, 3.8) is 0 Å². The predicted molar refractivity (Wildman–Crippen MR) is 179 cm³/mol. The topological polar surface area (TPSA) is 225 Å². The average molecular weight is 723 g/mol. The molecule has 256 valence electrons. The van der Waals surface area contributed by atoms with Gasteiger partial charge in [0.25, 0.3) is 11.6 Å². The molecule has 2 heterocycles. The number of nitro benzene ring substituents is 1. The number of phosphoric ester groups is 1. The highest BCUT2D eigenvalue weighted by molar-refractivity contribution is 7.89. The van der Waals surface area contributed by atoms with Gasteiger partial charge in [0.15, 0.2) is 0 Å². The number of benzene rings is 3. The van der Waals surface area contributed by atoms with Crippen molar-refractivity contribution in [1.29, 1.82) is 0 Å². The number of sulfonamides is 1. The van der Waals surface area contributed by atoms with Crippen molar-refractivity contribution in [2.75, 3.05) is 56.4 Å². The monoisotopic (exact) mass is 722 g/mol. The Labute approximate surface area is 279 Å². The zero-order valence-electron chi connectivity index (χ0n) is 25.7. The lowest BCUT2D eigenvalue weighted by atomic mass is 9.95. The minimum Gasteiger partial charge on any atom is -0.351 e. The standard InChI is InChI=1S/C29H32ClN6O10PS/c1-34(2)9-7-27(37)32-19-3-6-23-17(11-19)12-24(33-23)29(38)35-16-18(15-30)28-21-5-4-20(13-22(21)25(36(39)40)14-26(28)35)48(44,45)31-8-10-46-47(41,42)43/h3-6,11-14,18,31,33H,7-10,15-16H2,1-2H3,(H,32,37)(H2,41,42,43). The van der Waals surface area contributed by atoms with Crippen LogP contribution in [-0.4, -0.2) is 91.0 Å². The molecule has 2 amide bonds. The van der Waals surface area contributed by atoms with Crippen molar-refractivity contribution in [3.8, 4) is 0 Å². The van der Waals surface area contributed by atoms with Crippen molar-refractivity contribution < 1.29 is 41.8 Å². The van der Waals surface area contributed by atoms with Crippen LogP contribution in [-0.2, 0) is 23.9 Å². The molecule has 1 aromatic heterocycles. The molecule has 1 unspecified atom stereocenters. The Bertz CT molecular complexity index is 2080. The van der Waals surface area contributed by atoms with Gasteiger partial charge in [0, 0.05) is 60.5 Å². The number of halogens is 1. The number of non-ortho nitro benzene ring substituents is 1. The second-order valence-corrected chi connectivity index (χ2v) is 14.7. The fourth-order valence-electron chi connectivity index (χ4n) is 5.54. The molecule has 16 nitrogen and oxygen atoms in total. The zero-order valence-corrected chi connectivity index (χ0v) is 28.1. The number of phosphoric acid groups is 1. The number of nitrogens with zero attached hydrogens (tertiary/aromatic N) is 3. The van der Waals surface area contributed by atoms with E-state index in [1.54, 1.807) is 24.3 Å². The highest BCUT2D eigenvalue weighted by Gasteiger charge is 2.37. The number of aromatic nitrogens is 1. The number of fused-ring (bicyclic) bond motifs is 4. The molecule has 0 bridgehead atoms. The SMILES string of the molecule is CN(C)CCC(=O)Nc1ccc2[nH]c(C(=O)N3CC(CCl)c4c3cc([N+](=O)[O-])c3cc(S(=O)(=O)NCCOP(=O)(O)O)ccc43)cc2c1. The molecular weight excluding hydrogens is 691 g/mol. The summed E-state index contributed by atoms with van der Waals surface area (Å²) in [6.45, 7) is -0.388. The Morgan fingerprint density at radius 1 is 1.17 bits per heavy atom. The first-order valence-corrected chi connectivity index (χ1v) is 18.0. The van der Waals surface area contributed by atoms with Crippen LogP contribution in [0.4, 0.5) is 17.1 Å². The van der Waals surface area contributed by atoms with E-state index in [0.29, 0.717) is 40.5 Å². The number of carbonyl (C=O) groups excluding carboxylic acids is 2. The van der Waals surface area contributed by atoms with E-state index in [0.717, 1.165) is 6.07 Å². The normalized spacial score (nSPS) is 15.0. The summed E-state index contributed by atoms with van der Waals surface area (Å²) in [7, 11) is -5.32. The molecule has 5 N–H and O–H groups in total. The summed E-state index contributed by atoms with van der Waals surface area (Å²) in [6.07, 6.45) is 0.310. The van der Waals surface area contributed by atoms with Gasteiger partial charge in [-0.3, -0.25) is 24.2 Å². The number of nitro groups is 1. The molecule has 0 saturated heterocycles. The van der Waals surface area contributed by atoms with Crippen molar-refractivity contribution in [1.82, 2.24) is 14.6 Å². The van der Waals surface area contributed by atoms with Gasteiger partial charge in [-0.25, -0.2) is 17.7 Å². The second-order valence-electron chi connectivity index (χ2n) is 11.4. The Balaban J connectivity index is 1.46. The Hall–Kier alpha value is -3.93. The molecule has 0 aliphatic carbocycles. The first kappa shape index (κ1) is 35.4. The number of hydrogen-bond acceptors (Lipinski definition) is 9. The van der Waals surface area contributed by atoms with Gasteiger partial charge in [-0.2, -0.15) is 0 Å². The molecule has 19 heteroatoms. The summed E-state index contributed by atoms with van der Waals surface area (Å²) < 4.78 is 43.1. The highest BCUT2D eigenvalue weighted by atomic mass is 35.5. The van der Waals surface area contributed by atoms with Gasteiger partial charge in [0.2, 0.25) is 15.9 Å². The Kier molecular flexibility index (Phi) is 10.2. The number of amides is 2. The second kappa shape index (κ2) is 13.9. The summed E-state index contributed by atoms with van der Waals surface area (Å²) in [5, 5.41) is 16.1. The van der Waals surface area contributed by atoms with E-state index in [1.165, 1.54) is 23.1 Å². The number of H-pyrrole nitrogens is 1. The predicted octanol–water partition coefficient (Wildman–Crippen LogP) is 3.49. The first-order chi connectivity index (χ1) is 22.6. The van der Waals surface area contributed by atoms with Gasteiger partial charge < -0.3 is 29.9 Å². The molecule has 0 spiro atoms. The minimum atomic E-state index is -4.80. The summed E-state index contributed by atoms with van der Waals surface area (Å²) in [6, 6.07) is 11.8. The van der Waals surface area contributed by atoms with E-state index in [1.807, 2.05) is 19.0 Å². The van der Waals surface area contributed by atoms with E-state index in [-0.39, 0.29) is 40.0 Å². The first-order valence-electron chi connectivity index (χ1n) is 14.5. The van der Waals surface area contributed by atoms with E-state index in [4.69, 9.17) is 21.4 Å². The maximum absolute atomic E-state index is 13.9. The molecule has 3 aromatic carbocycles. The number of rotatable bonds is 13. The Morgan fingerprint density at radius 3 is 2.58 bits per heavy atom. The summed E-state index contributed by atoms with van der Waals surface area (Å²) in [5.74, 6) is -0.994. The summed E-state index contributed by atoms with van der Waals surface area (Å²) >= 11 is 6.33. The van der Waals surface area contributed by atoms with Crippen LogP contribution in [0.1, 0.15) is 28.4 Å². The number of anilines is 2. The number of carbonyl (C=O) groups is 2. The van der Waals surface area contributed by atoms with Crippen LogP contribution < -0.4 is 14.9 Å². The molecular formula is C29H32ClN6O10PS. The third-order valence-corrected chi connectivity index (χ3v) is 10.1. The lowest BCUT2D eigenvalue weighted by molar-refractivity contribution is -0.383. The quantitative estimate of drug-likeness (QED) is 0.0441. The highest BCUT2D eigenvalue weighted by Crippen LogP contribution is 2.46. The lowest BCUT2D eigenvalue weighted by Gasteiger charge is -2.17. The van der Waals surface area contributed by atoms with Gasteiger partial charge in [0.1, 0.15) is 5.69 Å². The fourth-order valence-corrected chi connectivity index (χ4v) is 7.16. The fraction of sp³-hybridized carbons (Fsp3) is 0.310. The molecule has 1 aliphatic heterocycles. The van der Waals surface area contributed by atoms with Crippen LogP contribution in [0, 0.1) is 10.1 Å². The molecule has 0 fully saturated rings. The Morgan fingerprint density at radius 2 is 1.92 bits per heavy atom. The lowest BCUT2D eigenvalue weighted by Crippen LogP contribution is -2.30. The van der Waals surface area contributed by atoms with Gasteiger partial charge in [-0.05, 0) is 61.4 Å². The molecule has 4 aromatic rings. The molecule has 48 heavy (non-hydrogen) atoms. The van der Waals surface area contributed by atoms with Crippen LogP contribution in [0.15, 0.2) is 53.4 Å². The van der Waals surface area contributed by atoms with E-state index in [9.17, 15) is 32.7 Å². The van der Waals surface area contributed by atoms with Gasteiger partial charge >= 0.3 is 7.82 Å². The molecule has 5 rings (SSSR count). The number of nitrogens with one attached hydrogen (secondary N) is 3. The van der Waals surface area contributed by atoms with Gasteiger partial charge in [0.05, 0.1) is 27.5 Å².